The standard InChI is InChI=1S/C14H27N3O4/c1-13(2,11(18)19)9-15-12(20)17-7-5-16(6-8-17)10-14(3,4)21/h21H,5-10H2,1-4H3,(H,15,20)(H,18,19). The van der Waals surface area contributed by atoms with Gasteiger partial charge in [-0.05, 0) is 27.7 Å². The van der Waals surface area contributed by atoms with Gasteiger partial charge < -0.3 is 20.4 Å². The number of aliphatic carboxylic acids is 1. The monoisotopic (exact) mass is 301 g/mol. The van der Waals surface area contributed by atoms with Gasteiger partial charge in [0.2, 0.25) is 0 Å². The van der Waals surface area contributed by atoms with E-state index in [1.54, 1.807) is 32.6 Å². The number of hydrogen-bond donors (Lipinski definition) is 3. The first-order valence-electron chi connectivity index (χ1n) is 7.22. The molecule has 0 aromatic heterocycles. The molecule has 0 aromatic carbocycles. The molecule has 1 aliphatic rings. The maximum absolute atomic E-state index is 12.0. The number of aliphatic hydroxyl groups is 1. The zero-order valence-electron chi connectivity index (χ0n) is 13.3. The molecule has 0 aromatic rings. The third-order valence-corrected chi connectivity index (χ3v) is 3.53. The molecule has 21 heavy (non-hydrogen) atoms. The van der Waals surface area contributed by atoms with Crippen LogP contribution in [0.25, 0.3) is 0 Å². The number of nitrogens with one attached hydrogen (secondary N) is 1. The van der Waals surface area contributed by atoms with Gasteiger partial charge in [0.1, 0.15) is 0 Å². The van der Waals surface area contributed by atoms with Crippen molar-refractivity contribution in [3.05, 3.63) is 0 Å². The van der Waals surface area contributed by atoms with Crippen molar-refractivity contribution < 1.29 is 19.8 Å². The minimum atomic E-state index is -0.974. The van der Waals surface area contributed by atoms with Gasteiger partial charge in [-0.25, -0.2) is 4.79 Å². The molecule has 3 N–H and O–H groups in total. The van der Waals surface area contributed by atoms with Gasteiger partial charge in [-0.15, -0.1) is 0 Å². The smallest absolute Gasteiger partial charge is 0.317 e. The number of rotatable bonds is 5. The third-order valence-electron chi connectivity index (χ3n) is 3.53. The summed E-state index contributed by atoms with van der Waals surface area (Å²) in [6, 6.07) is -0.229. The van der Waals surface area contributed by atoms with E-state index in [0.29, 0.717) is 32.7 Å². The highest BCUT2D eigenvalue weighted by molar-refractivity contribution is 5.77. The van der Waals surface area contributed by atoms with Crippen molar-refractivity contribution in [3.8, 4) is 0 Å². The molecule has 0 aliphatic carbocycles. The second-order valence-electron chi connectivity index (χ2n) is 6.92. The van der Waals surface area contributed by atoms with E-state index in [1.165, 1.54) is 0 Å². The molecular formula is C14H27N3O4. The Kier molecular flexibility index (Phi) is 5.58. The first-order chi connectivity index (χ1) is 9.51. The first kappa shape index (κ1) is 17.7. The van der Waals surface area contributed by atoms with E-state index in [0.717, 1.165) is 0 Å². The first-order valence-corrected chi connectivity index (χ1v) is 7.22. The van der Waals surface area contributed by atoms with Gasteiger partial charge in [0.05, 0.1) is 11.0 Å². The highest BCUT2D eigenvalue weighted by Crippen LogP contribution is 2.14. The fourth-order valence-corrected chi connectivity index (χ4v) is 2.14. The van der Waals surface area contributed by atoms with Crippen molar-refractivity contribution in [2.45, 2.75) is 33.3 Å². The summed E-state index contributed by atoms with van der Waals surface area (Å²) < 4.78 is 0. The van der Waals surface area contributed by atoms with Gasteiger partial charge >= 0.3 is 12.0 Å². The maximum atomic E-state index is 12.0. The minimum Gasteiger partial charge on any atom is -0.481 e. The number of nitrogens with zero attached hydrogens (tertiary/aromatic N) is 2. The van der Waals surface area contributed by atoms with Crippen LogP contribution in [0.3, 0.4) is 0 Å². The molecule has 0 saturated carbocycles. The van der Waals surface area contributed by atoms with Crippen LogP contribution in [0.4, 0.5) is 4.79 Å². The van der Waals surface area contributed by atoms with Crippen molar-refractivity contribution in [1.82, 2.24) is 15.1 Å². The van der Waals surface area contributed by atoms with Crippen molar-refractivity contribution in [3.63, 3.8) is 0 Å². The van der Waals surface area contributed by atoms with E-state index >= 15 is 0 Å². The van der Waals surface area contributed by atoms with Gasteiger partial charge in [0.15, 0.2) is 0 Å². The number of carbonyl (C=O) groups is 2. The number of carboxylic acids is 1. The molecule has 122 valence electrons. The molecule has 1 fully saturated rings. The van der Waals surface area contributed by atoms with E-state index in [4.69, 9.17) is 5.11 Å². The summed E-state index contributed by atoms with van der Waals surface area (Å²) in [6.07, 6.45) is 0. The lowest BCUT2D eigenvalue weighted by atomic mass is 9.94. The normalized spacial score (nSPS) is 17.7. The summed E-state index contributed by atoms with van der Waals surface area (Å²) in [5.41, 5.74) is -1.71. The van der Waals surface area contributed by atoms with Gasteiger partial charge in [-0.2, -0.15) is 0 Å². The largest absolute Gasteiger partial charge is 0.481 e. The van der Waals surface area contributed by atoms with E-state index in [2.05, 4.69) is 10.2 Å². The topological polar surface area (TPSA) is 93.1 Å². The maximum Gasteiger partial charge on any atom is 0.317 e. The molecule has 7 nitrogen and oxygen atoms in total. The summed E-state index contributed by atoms with van der Waals surface area (Å²) in [7, 11) is 0. The Balaban J connectivity index is 2.37. The van der Waals surface area contributed by atoms with Gasteiger partial charge in [-0.1, -0.05) is 0 Å². The summed E-state index contributed by atoms with van der Waals surface area (Å²) in [4.78, 5) is 26.8. The van der Waals surface area contributed by atoms with Crippen LogP contribution < -0.4 is 5.32 Å². The predicted molar refractivity (Wildman–Crippen MR) is 79.1 cm³/mol. The highest BCUT2D eigenvalue weighted by atomic mass is 16.4. The molecule has 0 spiro atoms. The number of carboxylic acid groups (broad SMARTS) is 1. The molecule has 1 heterocycles. The molecule has 2 amide bonds. The Morgan fingerprint density at radius 2 is 1.62 bits per heavy atom. The molecule has 0 atom stereocenters. The number of β-amino-alcohol motifs (C(OH)–C–C–N with tert-alkyl or cyclic N) is 1. The average molecular weight is 301 g/mol. The van der Waals surface area contributed by atoms with Crippen LogP contribution in [0.15, 0.2) is 0 Å². The number of amides is 2. The van der Waals surface area contributed by atoms with E-state index < -0.39 is 17.0 Å². The molecule has 0 unspecified atom stereocenters. The SMILES string of the molecule is CC(C)(O)CN1CCN(C(=O)NCC(C)(C)C(=O)O)CC1. The Bertz CT molecular complexity index is 382. The molecule has 0 bridgehead atoms. The van der Waals surface area contributed by atoms with Crippen molar-refractivity contribution in [1.29, 1.82) is 0 Å². The number of hydrogen-bond acceptors (Lipinski definition) is 4. The molecule has 1 saturated heterocycles. The highest BCUT2D eigenvalue weighted by Gasteiger charge is 2.29. The summed E-state index contributed by atoms with van der Waals surface area (Å²) in [5, 5.41) is 21.5. The summed E-state index contributed by atoms with van der Waals surface area (Å²) >= 11 is 0. The fourth-order valence-electron chi connectivity index (χ4n) is 2.14. The van der Waals surface area contributed by atoms with Gasteiger partial charge in [0.25, 0.3) is 0 Å². The Hall–Kier alpha value is -1.34. The van der Waals surface area contributed by atoms with Crippen molar-refractivity contribution in [2.24, 2.45) is 5.41 Å². The number of carbonyl (C=O) groups excluding carboxylic acids is 1. The molecule has 7 heteroatoms. The van der Waals surface area contributed by atoms with E-state index in [9.17, 15) is 14.7 Å². The zero-order valence-corrected chi connectivity index (χ0v) is 13.3. The van der Waals surface area contributed by atoms with Crippen LogP contribution >= 0.6 is 0 Å². The van der Waals surface area contributed by atoms with E-state index in [-0.39, 0.29) is 12.6 Å². The van der Waals surface area contributed by atoms with Gasteiger partial charge in [-0.3, -0.25) is 9.69 Å². The van der Waals surface area contributed by atoms with Crippen LogP contribution in [-0.4, -0.2) is 76.9 Å². The Morgan fingerprint density at radius 3 is 2.05 bits per heavy atom. The van der Waals surface area contributed by atoms with Crippen molar-refractivity contribution in [2.75, 3.05) is 39.3 Å². The van der Waals surface area contributed by atoms with E-state index in [1.807, 2.05) is 0 Å². The number of urea groups is 1. The second kappa shape index (κ2) is 6.62. The van der Waals surface area contributed by atoms with Crippen LogP contribution in [0.1, 0.15) is 27.7 Å². The lowest BCUT2D eigenvalue weighted by Gasteiger charge is -2.37. The minimum absolute atomic E-state index is 0.102. The zero-order chi connectivity index (χ0) is 16.3. The quantitative estimate of drug-likeness (QED) is 0.674. The molecule has 1 aliphatic heterocycles. The lowest BCUT2D eigenvalue weighted by molar-refractivity contribution is -0.146. The van der Waals surface area contributed by atoms with Crippen molar-refractivity contribution >= 4 is 12.0 Å². The summed E-state index contributed by atoms with van der Waals surface area (Å²) in [6.45, 7) is 9.94. The van der Waals surface area contributed by atoms with Crippen LogP contribution in [-0.2, 0) is 4.79 Å². The van der Waals surface area contributed by atoms with Gasteiger partial charge in [0, 0.05) is 39.3 Å². The Labute approximate surface area is 125 Å². The third kappa shape index (κ3) is 5.89. The lowest BCUT2D eigenvalue weighted by Crippen LogP contribution is -2.55. The summed E-state index contributed by atoms with van der Waals surface area (Å²) in [5.74, 6) is -0.933. The molecule has 1 rings (SSSR count). The average Bonchev–Trinajstić information content (AvgIpc) is 2.35. The molecular weight excluding hydrogens is 274 g/mol. The number of piperazine rings is 1. The van der Waals surface area contributed by atoms with Crippen LogP contribution in [0.2, 0.25) is 0 Å². The van der Waals surface area contributed by atoms with Crippen LogP contribution in [0.5, 0.6) is 0 Å². The second-order valence-corrected chi connectivity index (χ2v) is 6.92. The van der Waals surface area contributed by atoms with Crippen LogP contribution in [0, 0.1) is 5.41 Å². The Morgan fingerprint density at radius 1 is 1.10 bits per heavy atom. The predicted octanol–water partition coefficient (Wildman–Crippen LogP) is 0.195. The molecule has 0 radical (unpaired) electrons. The fraction of sp³-hybridized carbons (Fsp3) is 0.857.